The minimum Gasteiger partial charge on any atom is -0.465 e. The van der Waals surface area contributed by atoms with E-state index in [0.717, 1.165) is 77.6 Å². The molecular formula is C48H101NO5. The van der Waals surface area contributed by atoms with E-state index in [9.17, 15) is 4.79 Å². The number of carbonyl (C=O) groups excluding carboxylic acids is 1. The van der Waals surface area contributed by atoms with Crippen molar-refractivity contribution in [2.75, 3.05) is 53.2 Å². The van der Waals surface area contributed by atoms with Crippen molar-refractivity contribution in [2.24, 2.45) is 11.8 Å². The van der Waals surface area contributed by atoms with E-state index in [2.05, 4.69) is 46.4 Å². The molecule has 0 spiro atoms. The number of esters is 1. The van der Waals surface area contributed by atoms with Crippen molar-refractivity contribution in [3.05, 3.63) is 0 Å². The third kappa shape index (κ3) is 45.7. The van der Waals surface area contributed by atoms with Gasteiger partial charge in [0.15, 0.2) is 0 Å². The van der Waals surface area contributed by atoms with Gasteiger partial charge in [-0.15, -0.1) is 0 Å². The second-order valence-electron chi connectivity index (χ2n) is 15.9. The Kier molecular flexibility index (Phi) is 55.8. The van der Waals surface area contributed by atoms with E-state index in [4.69, 9.17) is 19.7 Å². The lowest BCUT2D eigenvalue weighted by molar-refractivity contribution is -0.149. The van der Waals surface area contributed by atoms with Crippen LogP contribution in [-0.4, -0.2) is 74.3 Å². The summed E-state index contributed by atoms with van der Waals surface area (Å²) < 4.78 is 11.5. The maximum Gasteiger partial charge on any atom is 0.308 e. The number of hydrogen-bond acceptors (Lipinski definition) is 6. The van der Waals surface area contributed by atoms with E-state index in [1.54, 1.807) is 0 Å². The van der Waals surface area contributed by atoms with E-state index in [1.165, 1.54) is 167 Å². The van der Waals surface area contributed by atoms with Crippen LogP contribution in [0.15, 0.2) is 0 Å². The zero-order valence-corrected chi connectivity index (χ0v) is 38.1. The highest BCUT2D eigenvalue weighted by Crippen LogP contribution is 2.20. The number of unbranched alkanes of at least 4 members (excludes halogenated alkanes) is 19. The number of hydrogen-bond donors (Lipinski definition) is 2. The van der Waals surface area contributed by atoms with E-state index in [1.807, 2.05) is 0 Å². The van der Waals surface area contributed by atoms with Crippen LogP contribution in [0.2, 0.25) is 0 Å². The Labute approximate surface area is 340 Å². The van der Waals surface area contributed by atoms with Crippen molar-refractivity contribution >= 4 is 5.97 Å². The van der Waals surface area contributed by atoms with Gasteiger partial charge in [0.05, 0.1) is 12.5 Å². The standard InChI is InChI=1S/C30H63NO2.C17H34O2.CH4O/c1-4-7-10-16-23-30(22-9-6-3)29-33-28-21-15-13-11-12-14-18-25-31(24-17-8-5-2)26-19-20-27-32;1-4-7-10-11-14-16(13-9-6-3)17(18)19-15-12-8-5-2;1-2/h30,32H,4-29H2,1-3H3;16H,4-15H2,1-3H3;2H,1H3. The molecule has 0 aromatic rings. The van der Waals surface area contributed by atoms with E-state index < -0.39 is 0 Å². The Balaban J connectivity index is -0.00000105. The molecule has 328 valence electrons. The summed E-state index contributed by atoms with van der Waals surface area (Å²) in [6, 6.07) is 0. The zero-order chi connectivity index (χ0) is 40.6. The minimum atomic E-state index is 0.0565. The van der Waals surface area contributed by atoms with Gasteiger partial charge >= 0.3 is 5.97 Å². The van der Waals surface area contributed by atoms with Crippen LogP contribution in [0, 0.1) is 11.8 Å². The van der Waals surface area contributed by atoms with Crippen LogP contribution in [-0.2, 0) is 14.3 Å². The molecule has 0 bridgehead atoms. The molecule has 0 saturated carbocycles. The van der Waals surface area contributed by atoms with E-state index >= 15 is 0 Å². The SMILES string of the molecule is CCCCCCC(CCCC)C(=O)OCCCCC.CCCCCCC(CCCC)COCCCCCCCCCN(CCCCC)CCCCO.CO. The van der Waals surface area contributed by atoms with Crippen LogP contribution in [0.5, 0.6) is 0 Å². The average molecular weight is 772 g/mol. The first-order valence-electron chi connectivity index (χ1n) is 24.1. The molecule has 0 saturated heterocycles. The average Bonchev–Trinajstić information content (AvgIpc) is 3.19. The topological polar surface area (TPSA) is 79.2 Å². The smallest absolute Gasteiger partial charge is 0.308 e. The molecule has 0 heterocycles. The van der Waals surface area contributed by atoms with Crippen LogP contribution in [0.1, 0.15) is 241 Å². The molecule has 0 aliphatic carbocycles. The van der Waals surface area contributed by atoms with Crippen LogP contribution in [0.25, 0.3) is 0 Å². The van der Waals surface area contributed by atoms with Gasteiger partial charge in [-0.25, -0.2) is 0 Å². The highest BCUT2D eigenvalue weighted by atomic mass is 16.5. The molecule has 0 aromatic carbocycles. The molecule has 0 amide bonds. The fourth-order valence-electron chi connectivity index (χ4n) is 7.00. The predicted molar refractivity (Wildman–Crippen MR) is 238 cm³/mol. The number of aliphatic hydroxyl groups excluding tert-OH is 2. The van der Waals surface area contributed by atoms with Crippen molar-refractivity contribution in [1.82, 2.24) is 4.90 Å². The lowest BCUT2D eigenvalue weighted by Crippen LogP contribution is -2.27. The van der Waals surface area contributed by atoms with Gasteiger partial charge in [0, 0.05) is 26.9 Å². The Morgan fingerprint density at radius 2 is 0.852 bits per heavy atom. The van der Waals surface area contributed by atoms with Crippen LogP contribution >= 0.6 is 0 Å². The molecule has 0 rings (SSSR count). The Morgan fingerprint density at radius 1 is 0.463 bits per heavy atom. The first-order chi connectivity index (χ1) is 26.5. The summed E-state index contributed by atoms with van der Waals surface area (Å²) in [6.45, 7) is 20.0. The maximum absolute atomic E-state index is 12.1. The number of ether oxygens (including phenoxy) is 2. The molecule has 2 atom stereocenters. The van der Waals surface area contributed by atoms with E-state index in [0.29, 0.717) is 13.2 Å². The lowest BCUT2D eigenvalue weighted by Gasteiger charge is -2.22. The fourth-order valence-corrected chi connectivity index (χ4v) is 7.00. The van der Waals surface area contributed by atoms with Crippen molar-refractivity contribution in [1.29, 1.82) is 0 Å². The Bertz CT molecular complexity index is 653. The maximum atomic E-state index is 12.1. The molecule has 2 N–H and O–H groups in total. The number of nitrogens with zero attached hydrogens (tertiary/aromatic N) is 1. The summed E-state index contributed by atoms with van der Waals surface area (Å²) in [6.07, 6.45) is 39.1. The highest BCUT2D eigenvalue weighted by Gasteiger charge is 2.19. The molecule has 2 unspecified atom stereocenters. The van der Waals surface area contributed by atoms with Gasteiger partial charge in [-0.05, 0) is 89.8 Å². The molecule has 0 aromatic heterocycles. The third-order valence-corrected chi connectivity index (χ3v) is 10.6. The van der Waals surface area contributed by atoms with Crippen LogP contribution in [0.3, 0.4) is 0 Å². The fraction of sp³-hybridized carbons (Fsp3) is 0.979. The quantitative estimate of drug-likeness (QED) is 0.0476. The molecule has 0 fully saturated rings. The first-order valence-corrected chi connectivity index (χ1v) is 24.1. The highest BCUT2D eigenvalue weighted by molar-refractivity contribution is 5.72. The van der Waals surface area contributed by atoms with Gasteiger partial charge < -0.3 is 24.6 Å². The molecule has 0 aliphatic rings. The molecule has 6 nitrogen and oxygen atoms in total. The summed E-state index contributed by atoms with van der Waals surface area (Å²) in [5.41, 5.74) is 0. The van der Waals surface area contributed by atoms with Crippen LogP contribution in [0.4, 0.5) is 0 Å². The summed E-state index contributed by atoms with van der Waals surface area (Å²) in [5, 5.41) is 16.0. The largest absolute Gasteiger partial charge is 0.465 e. The van der Waals surface area contributed by atoms with Crippen molar-refractivity contribution in [3.8, 4) is 0 Å². The predicted octanol–water partition coefficient (Wildman–Crippen LogP) is 13.9. The minimum absolute atomic E-state index is 0.0565. The van der Waals surface area contributed by atoms with E-state index in [-0.39, 0.29) is 11.9 Å². The molecule has 54 heavy (non-hydrogen) atoms. The Hall–Kier alpha value is -0.690. The van der Waals surface area contributed by atoms with Gasteiger partial charge in [0.25, 0.3) is 0 Å². The van der Waals surface area contributed by atoms with Gasteiger partial charge in [0.1, 0.15) is 0 Å². The summed E-state index contributed by atoms with van der Waals surface area (Å²) in [5.74, 6) is 1.01. The van der Waals surface area contributed by atoms with Gasteiger partial charge in [-0.1, -0.05) is 176 Å². The normalized spacial score (nSPS) is 12.2. The molecule has 6 heteroatoms. The zero-order valence-electron chi connectivity index (χ0n) is 38.1. The lowest BCUT2D eigenvalue weighted by atomic mass is 9.95. The van der Waals surface area contributed by atoms with Gasteiger partial charge in [-0.3, -0.25) is 4.79 Å². The summed E-state index contributed by atoms with van der Waals surface area (Å²) in [7, 11) is 1.00. The van der Waals surface area contributed by atoms with Crippen molar-refractivity contribution in [3.63, 3.8) is 0 Å². The third-order valence-electron chi connectivity index (χ3n) is 10.6. The van der Waals surface area contributed by atoms with Crippen LogP contribution < -0.4 is 0 Å². The first kappa shape index (κ1) is 57.6. The molecule has 0 aliphatic heterocycles. The monoisotopic (exact) mass is 772 g/mol. The van der Waals surface area contributed by atoms with Gasteiger partial charge in [-0.2, -0.15) is 0 Å². The second kappa shape index (κ2) is 52.3. The summed E-state index contributed by atoms with van der Waals surface area (Å²) in [4.78, 5) is 14.7. The summed E-state index contributed by atoms with van der Waals surface area (Å²) >= 11 is 0. The van der Waals surface area contributed by atoms with Crippen molar-refractivity contribution in [2.45, 2.75) is 241 Å². The second-order valence-corrected chi connectivity index (χ2v) is 15.9. The molecule has 0 radical (unpaired) electrons. The number of rotatable bonds is 41. The molecular weight excluding hydrogens is 671 g/mol. The number of aliphatic hydroxyl groups is 2. The van der Waals surface area contributed by atoms with Gasteiger partial charge in [0.2, 0.25) is 0 Å². The Morgan fingerprint density at radius 3 is 1.43 bits per heavy atom. The van der Waals surface area contributed by atoms with Crippen molar-refractivity contribution < 1.29 is 24.5 Å². The number of carbonyl (C=O) groups is 1.